The van der Waals surface area contributed by atoms with Crippen molar-refractivity contribution >= 4 is 17.0 Å². The number of rotatable bonds is 5. The summed E-state index contributed by atoms with van der Waals surface area (Å²) in [6, 6.07) is 9.05. The van der Waals surface area contributed by atoms with E-state index in [9.17, 15) is 0 Å². The second-order valence-corrected chi connectivity index (χ2v) is 5.28. The number of nitrogens with two attached hydrogens (primary N) is 2. The molecule has 6 nitrogen and oxygen atoms in total. The smallest absolute Gasteiger partial charge is 0.151 e. The Hall–Kier alpha value is -2.56. The van der Waals surface area contributed by atoms with Crippen LogP contribution in [0.15, 0.2) is 35.3 Å². The number of ether oxygens (including phenoxy) is 1. The molecule has 0 aliphatic carbocycles. The maximum atomic E-state index is 8.91. The molecule has 7 heteroatoms. The summed E-state index contributed by atoms with van der Waals surface area (Å²) in [4.78, 5) is 4.33. The van der Waals surface area contributed by atoms with Gasteiger partial charge in [0.1, 0.15) is 18.4 Å². The minimum atomic E-state index is 0.113. The van der Waals surface area contributed by atoms with E-state index >= 15 is 0 Å². The fourth-order valence-corrected chi connectivity index (χ4v) is 2.30. The third-order valence-electron chi connectivity index (χ3n) is 2.72. The molecule has 0 fully saturated rings. The van der Waals surface area contributed by atoms with Crippen LogP contribution in [0.4, 0.5) is 0 Å². The largest absolute Gasteiger partial charge is 0.487 e. The number of nitriles is 1. The van der Waals surface area contributed by atoms with Crippen molar-refractivity contribution in [2.75, 3.05) is 0 Å². The summed E-state index contributed by atoms with van der Waals surface area (Å²) >= 11 is 1.58. The summed E-state index contributed by atoms with van der Waals surface area (Å²) in [5, 5.41) is 11.9. The molecule has 0 atom stereocenters. The number of nitrogens with zero attached hydrogens (tertiary/aromatic N) is 2. The van der Waals surface area contributed by atoms with Gasteiger partial charge in [0.05, 0.1) is 16.4 Å². The van der Waals surface area contributed by atoms with Gasteiger partial charge in [0, 0.05) is 10.9 Å². The van der Waals surface area contributed by atoms with Gasteiger partial charge in [-0.05, 0) is 19.1 Å². The molecule has 108 valence electrons. The average molecular weight is 301 g/mol. The molecule has 0 saturated carbocycles. The predicted octanol–water partition coefficient (Wildman–Crippen LogP) is 1.64. The topological polar surface area (TPSA) is 110 Å². The van der Waals surface area contributed by atoms with E-state index in [-0.39, 0.29) is 11.4 Å². The molecule has 0 spiro atoms. The summed E-state index contributed by atoms with van der Waals surface area (Å²) in [5.74, 6) is 5.90. The lowest BCUT2D eigenvalue weighted by atomic mass is 10.1. The molecule has 5 N–H and O–H groups in total. The van der Waals surface area contributed by atoms with Gasteiger partial charge >= 0.3 is 0 Å². The normalized spacial score (nSPS) is 11.5. The van der Waals surface area contributed by atoms with Crippen LogP contribution in [0, 0.1) is 18.3 Å². The van der Waals surface area contributed by atoms with Gasteiger partial charge in [-0.3, -0.25) is 0 Å². The Morgan fingerprint density at radius 3 is 2.95 bits per heavy atom. The molecule has 2 rings (SSSR count). The average Bonchev–Trinajstić information content (AvgIpc) is 2.92. The molecule has 0 aliphatic rings. The Bertz CT molecular complexity index is 701. The maximum absolute atomic E-state index is 8.91. The quantitative estimate of drug-likeness (QED) is 0.440. The highest BCUT2D eigenvalue weighted by molar-refractivity contribution is 7.09. The second kappa shape index (κ2) is 6.74. The molecule has 1 aromatic heterocycles. The number of aromatic nitrogens is 1. The fourth-order valence-electron chi connectivity index (χ4n) is 1.70. The van der Waals surface area contributed by atoms with Gasteiger partial charge in [-0.1, -0.05) is 12.1 Å². The molecule has 0 amide bonds. The molecule has 0 unspecified atom stereocenters. The van der Waals surface area contributed by atoms with Gasteiger partial charge in [0.25, 0.3) is 0 Å². The van der Waals surface area contributed by atoms with Gasteiger partial charge in [-0.25, -0.2) is 10.8 Å². The molecular formula is C14H15N5OS. The van der Waals surface area contributed by atoms with Crippen molar-refractivity contribution in [1.82, 2.24) is 10.4 Å². The van der Waals surface area contributed by atoms with E-state index in [1.165, 1.54) is 0 Å². The van der Waals surface area contributed by atoms with Crippen molar-refractivity contribution in [2.45, 2.75) is 13.5 Å². The molecule has 0 bridgehead atoms. The number of benzene rings is 1. The summed E-state index contributed by atoms with van der Waals surface area (Å²) < 4.78 is 5.67. The van der Waals surface area contributed by atoms with Crippen molar-refractivity contribution in [3.63, 3.8) is 0 Å². The Morgan fingerprint density at radius 1 is 1.52 bits per heavy atom. The van der Waals surface area contributed by atoms with E-state index in [2.05, 4.69) is 10.4 Å². The molecule has 0 radical (unpaired) electrons. The Labute approximate surface area is 126 Å². The van der Waals surface area contributed by atoms with E-state index in [0.29, 0.717) is 17.9 Å². The minimum Gasteiger partial charge on any atom is -0.487 e. The van der Waals surface area contributed by atoms with Gasteiger partial charge < -0.3 is 15.9 Å². The Kier molecular flexibility index (Phi) is 4.77. The molecule has 21 heavy (non-hydrogen) atoms. The molecular weight excluding hydrogens is 286 g/mol. The first-order chi connectivity index (χ1) is 10.1. The summed E-state index contributed by atoms with van der Waals surface area (Å²) in [5.41, 5.74) is 10.1. The van der Waals surface area contributed by atoms with Crippen LogP contribution >= 0.6 is 11.3 Å². The van der Waals surface area contributed by atoms with Crippen LogP contribution < -0.4 is 21.7 Å². The number of allylic oxidation sites excluding steroid dienone is 1. The van der Waals surface area contributed by atoms with Gasteiger partial charge in [-0.2, -0.15) is 5.26 Å². The SMILES string of the molecule is Cc1nc(COc2cccc(/C(N)=C(\C#N)NN)c2)cs1. The third kappa shape index (κ3) is 3.72. The number of hydrogen-bond acceptors (Lipinski definition) is 7. The van der Waals surface area contributed by atoms with Crippen LogP contribution in [0.2, 0.25) is 0 Å². The molecule has 2 aromatic rings. The summed E-state index contributed by atoms with van der Waals surface area (Å²) in [6.07, 6.45) is 0. The summed E-state index contributed by atoms with van der Waals surface area (Å²) in [7, 11) is 0. The van der Waals surface area contributed by atoms with Crippen molar-refractivity contribution in [2.24, 2.45) is 11.6 Å². The number of aryl methyl sites for hydroxylation is 1. The zero-order valence-electron chi connectivity index (χ0n) is 11.5. The monoisotopic (exact) mass is 301 g/mol. The van der Waals surface area contributed by atoms with E-state index in [4.69, 9.17) is 21.6 Å². The molecule has 1 heterocycles. The first-order valence-corrected chi connectivity index (χ1v) is 7.02. The lowest BCUT2D eigenvalue weighted by Crippen LogP contribution is -2.23. The van der Waals surface area contributed by atoms with Gasteiger partial charge in [0.15, 0.2) is 5.70 Å². The van der Waals surface area contributed by atoms with Crippen molar-refractivity contribution < 1.29 is 4.74 Å². The fraction of sp³-hybridized carbons (Fsp3) is 0.143. The highest BCUT2D eigenvalue weighted by Gasteiger charge is 2.06. The first-order valence-electron chi connectivity index (χ1n) is 6.14. The minimum absolute atomic E-state index is 0.113. The lowest BCUT2D eigenvalue weighted by Gasteiger charge is -2.08. The molecule has 1 aromatic carbocycles. The maximum Gasteiger partial charge on any atom is 0.151 e. The standard InChI is InChI=1S/C14H15N5OS/c1-9-18-11(8-21-9)7-20-12-4-2-3-10(5-12)14(16)13(6-15)19-17/h2-5,8,19H,7,16-17H2,1H3/b14-13-. The van der Waals surface area contributed by atoms with E-state index < -0.39 is 0 Å². The second-order valence-electron chi connectivity index (χ2n) is 4.22. The lowest BCUT2D eigenvalue weighted by molar-refractivity contribution is 0.302. The van der Waals surface area contributed by atoms with Crippen LogP contribution in [0.3, 0.4) is 0 Å². The van der Waals surface area contributed by atoms with Crippen LogP contribution in [0.1, 0.15) is 16.3 Å². The van der Waals surface area contributed by atoms with Crippen LogP contribution in [0.25, 0.3) is 5.70 Å². The zero-order chi connectivity index (χ0) is 15.2. The van der Waals surface area contributed by atoms with E-state index in [1.807, 2.05) is 24.4 Å². The highest BCUT2D eigenvalue weighted by Crippen LogP contribution is 2.20. The first kappa shape index (κ1) is 14.8. The van der Waals surface area contributed by atoms with Crippen LogP contribution in [0.5, 0.6) is 5.75 Å². The third-order valence-corrected chi connectivity index (χ3v) is 3.55. The molecule has 0 aliphatic heterocycles. The van der Waals surface area contributed by atoms with E-state index in [0.717, 1.165) is 10.7 Å². The highest BCUT2D eigenvalue weighted by atomic mass is 32.1. The van der Waals surface area contributed by atoms with Gasteiger partial charge in [-0.15, -0.1) is 11.3 Å². The van der Waals surface area contributed by atoms with Crippen LogP contribution in [-0.4, -0.2) is 4.98 Å². The van der Waals surface area contributed by atoms with Crippen molar-refractivity contribution in [3.05, 3.63) is 51.6 Å². The van der Waals surface area contributed by atoms with Crippen molar-refractivity contribution in [1.29, 1.82) is 5.26 Å². The predicted molar refractivity (Wildman–Crippen MR) is 81.7 cm³/mol. The van der Waals surface area contributed by atoms with Crippen molar-refractivity contribution in [3.8, 4) is 11.8 Å². The Balaban J connectivity index is 2.15. The van der Waals surface area contributed by atoms with Gasteiger partial charge in [0.2, 0.25) is 0 Å². The Morgan fingerprint density at radius 2 is 2.33 bits per heavy atom. The number of hydrazine groups is 1. The number of hydrogen-bond donors (Lipinski definition) is 3. The number of nitrogens with one attached hydrogen (secondary N) is 1. The van der Waals surface area contributed by atoms with Crippen LogP contribution in [-0.2, 0) is 6.61 Å². The summed E-state index contributed by atoms with van der Waals surface area (Å²) in [6.45, 7) is 2.33. The number of thiazole rings is 1. The zero-order valence-corrected chi connectivity index (χ0v) is 12.3. The van der Waals surface area contributed by atoms with E-state index in [1.54, 1.807) is 29.5 Å². The molecule has 0 saturated heterocycles.